The number of nitrogens with zero attached hydrogens (tertiary/aromatic N) is 2. The highest BCUT2D eigenvalue weighted by Gasteiger charge is 2.26. The molecule has 116 valence electrons. The van der Waals surface area contributed by atoms with Gasteiger partial charge >= 0.3 is 5.97 Å². The van der Waals surface area contributed by atoms with Gasteiger partial charge in [0.05, 0.1) is 18.7 Å². The fourth-order valence-electron chi connectivity index (χ4n) is 2.53. The lowest BCUT2D eigenvalue weighted by Gasteiger charge is -2.32. The van der Waals surface area contributed by atoms with E-state index in [1.807, 2.05) is 23.1 Å². The van der Waals surface area contributed by atoms with Crippen molar-refractivity contribution >= 4 is 28.5 Å². The molecule has 3 N–H and O–H groups in total. The smallest absolute Gasteiger partial charge is 0.334 e. The summed E-state index contributed by atoms with van der Waals surface area (Å²) >= 11 is 0. The van der Waals surface area contributed by atoms with E-state index in [0.29, 0.717) is 18.8 Å². The normalized spacial score (nSPS) is 18.4. The van der Waals surface area contributed by atoms with Crippen molar-refractivity contribution in [1.82, 2.24) is 15.5 Å². The maximum absolute atomic E-state index is 11.7. The van der Waals surface area contributed by atoms with Gasteiger partial charge in [-0.1, -0.05) is 0 Å². The van der Waals surface area contributed by atoms with Crippen LogP contribution >= 0.6 is 0 Å². The van der Waals surface area contributed by atoms with Gasteiger partial charge in [-0.05, 0) is 18.2 Å². The summed E-state index contributed by atoms with van der Waals surface area (Å²) in [4.78, 5) is 24.7. The van der Waals surface area contributed by atoms with E-state index in [1.54, 1.807) is 7.05 Å². The molecule has 0 saturated carbocycles. The molecule has 3 rings (SSSR count). The molecule has 1 atom stereocenters. The van der Waals surface area contributed by atoms with Crippen molar-refractivity contribution in [2.45, 2.75) is 6.10 Å². The van der Waals surface area contributed by atoms with E-state index in [-0.39, 0.29) is 12.5 Å². The Balaban J connectivity index is 1.89. The summed E-state index contributed by atoms with van der Waals surface area (Å²) < 4.78 is 5.21. The fourth-order valence-corrected chi connectivity index (χ4v) is 2.53. The topological polar surface area (TPSA) is 108 Å². The van der Waals surface area contributed by atoms with Crippen LogP contribution in [0, 0.1) is 0 Å². The van der Waals surface area contributed by atoms with E-state index in [0.717, 1.165) is 16.6 Å². The third-order valence-corrected chi connectivity index (χ3v) is 3.70. The van der Waals surface area contributed by atoms with Crippen LogP contribution in [0.15, 0.2) is 18.2 Å². The number of amides is 1. The number of H-pyrrole nitrogens is 1. The third-order valence-electron chi connectivity index (χ3n) is 3.70. The molecule has 2 heterocycles. The van der Waals surface area contributed by atoms with Crippen molar-refractivity contribution in [1.29, 1.82) is 0 Å². The van der Waals surface area contributed by atoms with Crippen LogP contribution < -0.4 is 10.2 Å². The van der Waals surface area contributed by atoms with Gasteiger partial charge in [0.2, 0.25) is 0 Å². The van der Waals surface area contributed by atoms with E-state index in [9.17, 15) is 9.59 Å². The zero-order chi connectivity index (χ0) is 15.7. The van der Waals surface area contributed by atoms with Crippen LogP contribution in [-0.4, -0.2) is 60.0 Å². The number of benzene rings is 1. The summed E-state index contributed by atoms with van der Waals surface area (Å²) in [7, 11) is 1.55. The first-order valence-electron chi connectivity index (χ1n) is 6.89. The maximum atomic E-state index is 11.7. The number of nitrogens with one attached hydrogen (secondary N) is 2. The molecule has 0 aliphatic carbocycles. The number of carbonyl (C=O) groups excluding carboxylic acids is 1. The minimum Gasteiger partial charge on any atom is -0.479 e. The Kier molecular flexibility index (Phi) is 3.68. The van der Waals surface area contributed by atoms with E-state index in [2.05, 4.69) is 15.5 Å². The number of ether oxygens (including phenoxy) is 1. The number of hydrogen-bond acceptors (Lipinski definition) is 5. The Labute approximate surface area is 126 Å². The van der Waals surface area contributed by atoms with Crippen molar-refractivity contribution in [2.24, 2.45) is 0 Å². The Hall–Kier alpha value is -2.61. The lowest BCUT2D eigenvalue weighted by Crippen LogP contribution is -2.46. The molecule has 0 spiro atoms. The molecular weight excluding hydrogens is 288 g/mol. The molecule has 22 heavy (non-hydrogen) atoms. The summed E-state index contributed by atoms with van der Waals surface area (Å²) in [6.45, 7) is 1.27. The van der Waals surface area contributed by atoms with Crippen molar-refractivity contribution in [3.63, 3.8) is 0 Å². The Bertz CT molecular complexity index is 727. The van der Waals surface area contributed by atoms with Gasteiger partial charge in [-0.25, -0.2) is 4.79 Å². The van der Waals surface area contributed by atoms with Crippen LogP contribution in [0.4, 0.5) is 5.69 Å². The van der Waals surface area contributed by atoms with Gasteiger partial charge in [0.15, 0.2) is 11.8 Å². The molecule has 2 aromatic rings. The summed E-state index contributed by atoms with van der Waals surface area (Å²) in [5, 5.41) is 19.2. The highest BCUT2D eigenvalue weighted by atomic mass is 16.5. The minimum atomic E-state index is -0.964. The first-order valence-corrected chi connectivity index (χ1v) is 6.89. The molecule has 1 aliphatic heterocycles. The predicted molar refractivity (Wildman–Crippen MR) is 79.1 cm³/mol. The molecule has 8 heteroatoms. The largest absolute Gasteiger partial charge is 0.479 e. The number of aromatic amines is 1. The van der Waals surface area contributed by atoms with Crippen LogP contribution in [0.1, 0.15) is 10.5 Å². The van der Waals surface area contributed by atoms with Crippen LogP contribution in [0.3, 0.4) is 0 Å². The number of carboxylic acids is 1. The summed E-state index contributed by atoms with van der Waals surface area (Å²) in [5.41, 5.74) is 1.94. The average Bonchev–Trinajstić information content (AvgIpc) is 2.97. The average molecular weight is 304 g/mol. The van der Waals surface area contributed by atoms with Gasteiger partial charge in [-0.2, -0.15) is 5.10 Å². The molecule has 1 aromatic carbocycles. The zero-order valence-corrected chi connectivity index (χ0v) is 12.0. The lowest BCUT2D eigenvalue weighted by molar-refractivity contribution is -0.150. The number of anilines is 1. The maximum Gasteiger partial charge on any atom is 0.334 e. The molecule has 1 fully saturated rings. The number of carbonyl (C=O) groups is 2. The van der Waals surface area contributed by atoms with E-state index >= 15 is 0 Å². The van der Waals surface area contributed by atoms with Crippen molar-refractivity contribution in [3.05, 3.63) is 23.9 Å². The highest BCUT2D eigenvalue weighted by Crippen LogP contribution is 2.24. The van der Waals surface area contributed by atoms with Gasteiger partial charge in [-0.15, -0.1) is 0 Å². The predicted octanol–water partition coefficient (Wildman–Crippen LogP) is 0.212. The molecule has 1 unspecified atom stereocenters. The fraction of sp³-hybridized carbons (Fsp3) is 0.357. The number of rotatable bonds is 3. The van der Waals surface area contributed by atoms with Crippen LogP contribution in [-0.2, 0) is 9.53 Å². The van der Waals surface area contributed by atoms with E-state index in [1.165, 1.54) is 0 Å². The van der Waals surface area contributed by atoms with Gasteiger partial charge in [0.1, 0.15) is 0 Å². The molecule has 1 aliphatic rings. The van der Waals surface area contributed by atoms with Gasteiger partial charge in [0, 0.05) is 24.7 Å². The Morgan fingerprint density at radius 1 is 1.50 bits per heavy atom. The molecular formula is C14H16N4O4. The van der Waals surface area contributed by atoms with Crippen molar-refractivity contribution in [3.8, 4) is 0 Å². The van der Waals surface area contributed by atoms with Gasteiger partial charge in [-0.3, -0.25) is 9.89 Å². The number of aliphatic carboxylic acids is 1. The van der Waals surface area contributed by atoms with Crippen LogP contribution in [0.2, 0.25) is 0 Å². The second-order valence-corrected chi connectivity index (χ2v) is 5.02. The number of morpholine rings is 1. The van der Waals surface area contributed by atoms with Crippen LogP contribution in [0.5, 0.6) is 0 Å². The summed E-state index contributed by atoms with van der Waals surface area (Å²) in [6.07, 6.45) is -0.826. The monoisotopic (exact) mass is 304 g/mol. The lowest BCUT2D eigenvalue weighted by atomic mass is 10.1. The molecule has 1 saturated heterocycles. The Morgan fingerprint density at radius 2 is 2.32 bits per heavy atom. The first kappa shape index (κ1) is 14.3. The second-order valence-electron chi connectivity index (χ2n) is 5.02. The highest BCUT2D eigenvalue weighted by molar-refractivity contribution is 6.05. The number of aromatic nitrogens is 2. The standard InChI is InChI=1S/C14H16N4O4/c1-15-13(19)12-9-3-2-8(6-10(9)16-17-12)18-4-5-22-11(7-18)14(20)21/h2-3,6,11H,4-5,7H2,1H3,(H,15,19)(H,16,17)(H,20,21). The third kappa shape index (κ3) is 2.48. The molecule has 1 aromatic heterocycles. The molecule has 0 bridgehead atoms. The molecule has 1 amide bonds. The van der Waals surface area contributed by atoms with Gasteiger partial charge < -0.3 is 20.1 Å². The van der Waals surface area contributed by atoms with Crippen molar-refractivity contribution in [2.75, 3.05) is 31.6 Å². The van der Waals surface area contributed by atoms with Crippen molar-refractivity contribution < 1.29 is 19.4 Å². The molecule has 0 radical (unpaired) electrons. The first-order chi connectivity index (χ1) is 10.6. The SMILES string of the molecule is CNC(=O)c1n[nH]c2cc(N3CCOC(C(=O)O)C3)ccc12. The zero-order valence-electron chi connectivity index (χ0n) is 12.0. The van der Waals surface area contributed by atoms with E-state index < -0.39 is 12.1 Å². The second kappa shape index (κ2) is 5.64. The summed E-state index contributed by atoms with van der Waals surface area (Å²) in [6, 6.07) is 5.53. The Morgan fingerprint density at radius 3 is 3.05 bits per heavy atom. The molecule has 8 nitrogen and oxygen atoms in total. The number of fused-ring (bicyclic) bond motifs is 1. The van der Waals surface area contributed by atoms with Gasteiger partial charge in [0.25, 0.3) is 5.91 Å². The number of hydrogen-bond donors (Lipinski definition) is 3. The van der Waals surface area contributed by atoms with Crippen LogP contribution in [0.25, 0.3) is 10.9 Å². The van der Waals surface area contributed by atoms with E-state index in [4.69, 9.17) is 9.84 Å². The summed E-state index contributed by atoms with van der Waals surface area (Å²) in [5.74, 6) is -1.22. The minimum absolute atomic E-state index is 0.253. The number of carboxylic acid groups (broad SMARTS) is 1. The quantitative estimate of drug-likeness (QED) is 0.748.